The largest absolute Gasteiger partial charge is 0.354 e. The van der Waals surface area contributed by atoms with E-state index in [1.807, 2.05) is 27.7 Å². The zero-order valence-electron chi connectivity index (χ0n) is 8.35. The first-order valence-electron chi connectivity index (χ1n) is 4.27. The van der Waals surface area contributed by atoms with Crippen molar-refractivity contribution >= 4 is 5.91 Å². The molecule has 0 fully saturated rings. The van der Waals surface area contributed by atoms with E-state index in [0.717, 1.165) is 0 Å². The molecule has 12 heavy (non-hydrogen) atoms. The van der Waals surface area contributed by atoms with E-state index in [4.69, 9.17) is 5.73 Å². The number of amides is 1. The van der Waals surface area contributed by atoms with Gasteiger partial charge in [0.1, 0.15) is 0 Å². The van der Waals surface area contributed by atoms with Crippen LogP contribution in [0.15, 0.2) is 0 Å². The molecular weight excluding hydrogens is 152 g/mol. The van der Waals surface area contributed by atoms with Gasteiger partial charge in [0.2, 0.25) is 5.91 Å². The van der Waals surface area contributed by atoms with Gasteiger partial charge in [0, 0.05) is 6.54 Å². The topological polar surface area (TPSA) is 55.1 Å². The molecule has 1 amide bonds. The number of hydrogen-bond donors (Lipinski definition) is 2. The van der Waals surface area contributed by atoms with E-state index in [2.05, 4.69) is 5.32 Å². The van der Waals surface area contributed by atoms with Crippen molar-refractivity contribution in [1.82, 2.24) is 5.32 Å². The highest BCUT2D eigenvalue weighted by Crippen LogP contribution is 1.98. The summed E-state index contributed by atoms with van der Waals surface area (Å²) in [6.45, 7) is 8.45. The van der Waals surface area contributed by atoms with Crippen LogP contribution in [0, 0.1) is 11.8 Å². The number of nitrogens with one attached hydrogen (secondary N) is 1. The molecule has 0 saturated heterocycles. The molecule has 1 radical (unpaired) electrons. The van der Waals surface area contributed by atoms with Crippen LogP contribution < -0.4 is 11.1 Å². The van der Waals surface area contributed by atoms with Gasteiger partial charge in [-0.05, 0) is 11.8 Å². The highest BCUT2D eigenvalue weighted by Gasteiger charge is 2.16. The van der Waals surface area contributed by atoms with E-state index in [-0.39, 0.29) is 17.9 Å². The molecule has 3 nitrogen and oxygen atoms in total. The lowest BCUT2D eigenvalue weighted by Gasteiger charge is -2.15. The maximum atomic E-state index is 11.2. The smallest absolute Gasteiger partial charge is 0.237 e. The second-order valence-corrected chi connectivity index (χ2v) is 3.69. The highest BCUT2D eigenvalue weighted by molar-refractivity contribution is 5.81. The van der Waals surface area contributed by atoms with Gasteiger partial charge in [0.25, 0.3) is 0 Å². The first-order chi connectivity index (χ1) is 5.45. The first-order valence-corrected chi connectivity index (χ1v) is 4.27. The van der Waals surface area contributed by atoms with Gasteiger partial charge >= 0.3 is 0 Å². The fraction of sp³-hybridized carbons (Fsp3) is 0.778. The van der Waals surface area contributed by atoms with Crippen LogP contribution in [-0.2, 0) is 4.79 Å². The minimum Gasteiger partial charge on any atom is -0.354 e. The average Bonchev–Trinajstić information content (AvgIpc) is 1.98. The molecule has 0 spiro atoms. The third-order valence-corrected chi connectivity index (χ3v) is 1.64. The van der Waals surface area contributed by atoms with Gasteiger partial charge in [0.15, 0.2) is 0 Å². The normalized spacial score (nSPS) is 13.6. The van der Waals surface area contributed by atoms with Gasteiger partial charge < -0.3 is 11.1 Å². The SMILES string of the molecule is C[C](C)CNC(=O)[C@H](N)C(C)C. The zero-order chi connectivity index (χ0) is 9.72. The second-order valence-electron chi connectivity index (χ2n) is 3.69. The third kappa shape index (κ3) is 4.34. The molecule has 0 aliphatic heterocycles. The molecule has 0 aromatic heterocycles. The molecule has 0 rings (SSSR count). The summed E-state index contributed by atoms with van der Waals surface area (Å²) in [5, 5.41) is 2.76. The van der Waals surface area contributed by atoms with Crippen molar-refractivity contribution in [3.05, 3.63) is 5.92 Å². The number of nitrogens with two attached hydrogens (primary N) is 1. The Morgan fingerprint density at radius 2 is 1.92 bits per heavy atom. The maximum Gasteiger partial charge on any atom is 0.237 e. The zero-order valence-corrected chi connectivity index (χ0v) is 8.35. The van der Waals surface area contributed by atoms with Crippen molar-refractivity contribution in [3.8, 4) is 0 Å². The molecule has 0 aromatic carbocycles. The van der Waals surface area contributed by atoms with Crippen LogP contribution in [-0.4, -0.2) is 18.5 Å². The summed E-state index contributed by atoms with van der Waals surface area (Å²) < 4.78 is 0. The predicted molar refractivity (Wildman–Crippen MR) is 50.4 cm³/mol. The minimum atomic E-state index is -0.385. The quantitative estimate of drug-likeness (QED) is 0.654. The lowest BCUT2D eigenvalue weighted by Crippen LogP contribution is -2.44. The molecular formula is C9H19N2O. The van der Waals surface area contributed by atoms with E-state index in [0.29, 0.717) is 6.54 Å². The van der Waals surface area contributed by atoms with Crippen molar-refractivity contribution in [2.75, 3.05) is 6.54 Å². The summed E-state index contributed by atoms with van der Waals surface area (Å²) in [4.78, 5) is 11.2. The van der Waals surface area contributed by atoms with Crippen molar-refractivity contribution in [2.45, 2.75) is 33.7 Å². The highest BCUT2D eigenvalue weighted by atomic mass is 16.2. The first kappa shape index (κ1) is 11.4. The van der Waals surface area contributed by atoms with Crippen LogP contribution in [0.4, 0.5) is 0 Å². The summed E-state index contributed by atoms with van der Waals surface area (Å²) >= 11 is 0. The van der Waals surface area contributed by atoms with Crippen LogP contribution in [0.5, 0.6) is 0 Å². The van der Waals surface area contributed by atoms with Crippen LogP contribution in [0.25, 0.3) is 0 Å². The van der Waals surface area contributed by atoms with Crippen LogP contribution in [0.3, 0.4) is 0 Å². The Balaban J connectivity index is 3.72. The predicted octanol–water partition coefficient (Wildman–Crippen LogP) is 0.700. The molecule has 3 heteroatoms. The summed E-state index contributed by atoms with van der Waals surface area (Å²) in [6.07, 6.45) is 0. The van der Waals surface area contributed by atoms with E-state index < -0.39 is 0 Å². The molecule has 0 bridgehead atoms. The van der Waals surface area contributed by atoms with Crippen LogP contribution in [0.1, 0.15) is 27.7 Å². The Morgan fingerprint density at radius 1 is 1.42 bits per heavy atom. The Bertz CT molecular complexity index is 143. The number of rotatable bonds is 4. The van der Waals surface area contributed by atoms with Crippen molar-refractivity contribution in [1.29, 1.82) is 0 Å². The van der Waals surface area contributed by atoms with Gasteiger partial charge in [0.05, 0.1) is 6.04 Å². The molecule has 0 heterocycles. The van der Waals surface area contributed by atoms with Crippen molar-refractivity contribution < 1.29 is 4.79 Å². The summed E-state index contributed by atoms with van der Waals surface area (Å²) in [5.41, 5.74) is 5.62. The van der Waals surface area contributed by atoms with Gasteiger partial charge in [-0.3, -0.25) is 4.79 Å². The summed E-state index contributed by atoms with van der Waals surface area (Å²) in [5.74, 6) is 1.31. The average molecular weight is 171 g/mol. The third-order valence-electron chi connectivity index (χ3n) is 1.64. The van der Waals surface area contributed by atoms with Gasteiger partial charge in [-0.1, -0.05) is 27.7 Å². The van der Waals surface area contributed by atoms with E-state index in [1.54, 1.807) is 0 Å². The molecule has 1 atom stereocenters. The summed E-state index contributed by atoms with van der Waals surface area (Å²) in [6, 6.07) is -0.385. The molecule has 0 unspecified atom stereocenters. The number of hydrogen-bond acceptors (Lipinski definition) is 2. The van der Waals surface area contributed by atoms with Crippen molar-refractivity contribution in [2.24, 2.45) is 11.7 Å². The van der Waals surface area contributed by atoms with E-state index >= 15 is 0 Å². The van der Waals surface area contributed by atoms with Crippen molar-refractivity contribution in [3.63, 3.8) is 0 Å². The Hall–Kier alpha value is -0.570. The fourth-order valence-corrected chi connectivity index (χ4v) is 0.684. The summed E-state index contributed by atoms with van der Waals surface area (Å²) in [7, 11) is 0. The van der Waals surface area contributed by atoms with E-state index in [9.17, 15) is 4.79 Å². The molecule has 3 N–H and O–H groups in total. The second kappa shape index (κ2) is 5.14. The maximum absolute atomic E-state index is 11.2. The molecule has 0 aliphatic rings. The van der Waals surface area contributed by atoms with Gasteiger partial charge in [-0.25, -0.2) is 0 Å². The Kier molecular flexibility index (Phi) is 4.90. The lowest BCUT2D eigenvalue weighted by molar-refractivity contribution is -0.123. The minimum absolute atomic E-state index is 0.0637. The van der Waals surface area contributed by atoms with Gasteiger partial charge in [-0.15, -0.1) is 0 Å². The molecule has 0 aromatic rings. The van der Waals surface area contributed by atoms with Crippen LogP contribution in [0.2, 0.25) is 0 Å². The lowest BCUT2D eigenvalue weighted by atomic mass is 10.0. The Morgan fingerprint density at radius 3 is 2.25 bits per heavy atom. The molecule has 0 aliphatic carbocycles. The van der Waals surface area contributed by atoms with E-state index in [1.165, 1.54) is 5.92 Å². The molecule has 0 saturated carbocycles. The number of carbonyl (C=O) groups excluding carboxylic acids is 1. The van der Waals surface area contributed by atoms with Crippen LogP contribution >= 0.6 is 0 Å². The fourth-order valence-electron chi connectivity index (χ4n) is 0.684. The Labute approximate surface area is 74.7 Å². The monoisotopic (exact) mass is 171 g/mol. The molecule has 71 valence electrons. The standard InChI is InChI=1S/C9H19N2O/c1-6(2)5-11-9(12)8(10)7(3)4/h7-8H,5,10H2,1-4H3,(H,11,12)/t8-/m1/s1. The number of carbonyl (C=O) groups is 1. The van der Waals surface area contributed by atoms with Gasteiger partial charge in [-0.2, -0.15) is 0 Å².